The van der Waals surface area contributed by atoms with Crippen LogP contribution in [0.3, 0.4) is 0 Å². The number of urea groups is 1. The summed E-state index contributed by atoms with van der Waals surface area (Å²) in [5.41, 5.74) is 1.26. The maximum absolute atomic E-state index is 12.3. The molecular formula is C16H20N2O3. The van der Waals surface area contributed by atoms with Gasteiger partial charge < -0.3 is 15.3 Å². The summed E-state index contributed by atoms with van der Waals surface area (Å²) in [4.78, 5) is 24.8. The van der Waals surface area contributed by atoms with Crippen molar-refractivity contribution >= 4 is 12.0 Å². The maximum Gasteiger partial charge on any atom is 0.317 e. The van der Waals surface area contributed by atoms with Crippen LogP contribution in [0, 0.1) is 0 Å². The Labute approximate surface area is 123 Å². The van der Waals surface area contributed by atoms with Gasteiger partial charge in [0.25, 0.3) is 0 Å². The molecule has 1 saturated carbocycles. The zero-order valence-electron chi connectivity index (χ0n) is 11.9. The van der Waals surface area contributed by atoms with Crippen LogP contribution < -0.4 is 5.32 Å². The Kier molecular flexibility index (Phi) is 3.82. The van der Waals surface area contributed by atoms with Crippen LogP contribution in [0.5, 0.6) is 0 Å². The van der Waals surface area contributed by atoms with Crippen molar-refractivity contribution in [1.82, 2.24) is 10.2 Å². The van der Waals surface area contributed by atoms with Gasteiger partial charge in [-0.15, -0.1) is 0 Å². The number of rotatable bonds is 4. The van der Waals surface area contributed by atoms with Crippen molar-refractivity contribution in [3.63, 3.8) is 0 Å². The Morgan fingerprint density at radius 2 is 2.05 bits per heavy atom. The summed E-state index contributed by atoms with van der Waals surface area (Å²) < 4.78 is 0. The Bertz CT molecular complexity index is 532. The molecule has 1 aromatic carbocycles. The molecule has 0 aromatic heterocycles. The van der Waals surface area contributed by atoms with E-state index >= 15 is 0 Å². The van der Waals surface area contributed by atoms with Gasteiger partial charge in [-0.2, -0.15) is 0 Å². The van der Waals surface area contributed by atoms with Crippen molar-refractivity contribution in [2.45, 2.75) is 43.7 Å². The van der Waals surface area contributed by atoms with Crippen LogP contribution in [-0.2, 0) is 4.79 Å². The SMILES string of the molecule is O=C(O)CC1CCCN1C(=O)NC1CC1c1ccccc1. The zero-order chi connectivity index (χ0) is 14.8. The van der Waals surface area contributed by atoms with E-state index in [0.717, 1.165) is 19.3 Å². The van der Waals surface area contributed by atoms with E-state index in [1.165, 1.54) is 5.56 Å². The van der Waals surface area contributed by atoms with Crippen LogP contribution in [0.4, 0.5) is 4.79 Å². The smallest absolute Gasteiger partial charge is 0.317 e. The summed E-state index contributed by atoms with van der Waals surface area (Å²) in [5, 5.41) is 11.9. The topological polar surface area (TPSA) is 69.6 Å². The fourth-order valence-corrected chi connectivity index (χ4v) is 3.18. The van der Waals surface area contributed by atoms with Gasteiger partial charge in [0.05, 0.1) is 6.42 Å². The number of likely N-dealkylation sites (tertiary alicyclic amines) is 1. The number of hydrogen-bond donors (Lipinski definition) is 2. The lowest BCUT2D eigenvalue weighted by Crippen LogP contribution is -2.44. The van der Waals surface area contributed by atoms with E-state index in [2.05, 4.69) is 17.4 Å². The summed E-state index contributed by atoms with van der Waals surface area (Å²) in [6, 6.07) is 10.1. The van der Waals surface area contributed by atoms with Gasteiger partial charge in [-0.1, -0.05) is 30.3 Å². The lowest BCUT2D eigenvalue weighted by molar-refractivity contribution is -0.137. The molecule has 0 bridgehead atoms. The third-order valence-electron chi connectivity index (χ3n) is 4.38. The zero-order valence-corrected chi connectivity index (χ0v) is 11.9. The molecule has 1 aliphatic carbocycles. The molecule has 3 unspecified atom stereocenters. The van der Waals surface area contributed by atoms with Crippen molar-refractivity contribution in [3.05, 3.63) is 35.9 Å². The van der Waals surface area contributed by atoms with Crippen LogP contribution in [0.15, 0.2) is 30.3 Å². The molecule has 5 nitrogen and oxygen atoms in total. The standard InChI is InChI=1S/C16H20N2O3/c19-15(20)9-12-7-4-8-18(12)16(21)17-14-10-13(14)11-5-2-1-3-6-11/h1-3,5-6,12-14H,4,7-10H2,(H,17,21)(H,19,20). The summed E-state index contributed by atoms with van der Waals surface area (Å²) in [6.07, 6.45) is 2.68. The number of hydrogen-bond acceptors (Lipinski definition) is 2. The van der Waals surface area contributed by atoms with Gasteiger partial charge in [-0.25, -0.2) is 4.79 Å². The first kappa shape index (κ1) is 13.9. The van der Waals surface area contributed by atoms with Crippen LogP contribution in [0.2, 0.25) is 0 Å². The van der Waals surface area contributed by atoms with E-state index in [0.29, 0.717) is 12.5 Å². The van der Waals surface area contributed by atoms with Gasteiger partial charge in [0, 0.05) is 24.5 Å². The fraction of sp³-hybridized carbons (Fsp3) is 0.500. The predicted molar refractivity (Wildman–Crippen MR) is 78.1 cm³/mol. The number of carbonyl (C=O) groups is 2. The molecule has 1 heterocycles. The van der Waals surface area contributed by atoms with E-state index in [9.17, 15) is 9.59 Å². The molecule has 1 aliphatic heterocycles. The average Bonchev–Trinajstić information content (AvgIpc) is 3.07. The van der Waals surface area contributed by atoms with Gasteiger partial charge in [-0.3, -0.25) is 4.79 Å². The minimum atomic E-state index is -0.840. The summed E-state index contributed by atoms with van der Waals surface area (Å²) in [7, 11) is 0. The second kappa shape index (κ2) is 5.76. The minimum absolute atomic E-state index is 0.0419. The fourth-order valence-electron chi connectivity index (χ4n) is 3.18. The van der Waals surface area contributed by atoms with Crippen molar-refractivity contribution in [2.75, 3.05) is 6.54 Å². The maximum atomic E-state index is 12.3. The van der Waals surface area contributed by atoms with E-state index in [-0.39, 0.29) is 24.5 Å². The highest BCUT2D eigenvalue weighted by molar-refractivity contribution is 5.77. The number of amides is 2. The van der Waals surface area contributed by atoms with E-state index in [1.807, 2.05) is 18.2 Å². The van der Waals surface area contributed by atoms with Gasteiger partial charge in [0.1, 0.15) is 0 Å². The Hall–Kier alpha value is -2.04. The van der Waals surface area contributed by atoms with Gasteiger partial charge in [-0.05, 0) is 24.8 Å². The summed E-state index contributed by atoms with van der Waals surface area (Å²) in [6.45, 7) is 0.659. The van der Waals surface area contributed by atoms with Crippen LogP contribution >= 0.6 is 0 Å². The molecule has 5 heteroatoms. The van der Waals surface area contributed by atoms with E-state index < -0.39 is 5.97 Å². The summed E-state index contributed by atoms with van der Waals surface area (Å²) >= 11 is 0. The van der Waals surface area contributed by atoms with Crippen LogP contribution in [-0.4, -0.2) is 40.6 Å². The summed E-state index contributed by atoms with van der Waals surface area (Å²) in [5.74, 6) is -0.441. The normalized spacial score (nSPS) is 27.4. The average molecular weight is 288 g/mol. The van der Waals surface area contributed by atoms with Gasteiger partial charge >= 0.3 is 12.0 Å². The van der Waals surface area contributed by atoms with Gasteiger partial charge in [0.15, 0.2) is 0 Å². The molecule has 2 amide bonds. The molecule has 3 atom stereocenters. The molecule has 2 fully saturated rings. The molecule has 2 N–H and O–H groups in total. The first-order chi connectivity index (χ1) is 10.1. The molecule has 2 aliphatic rings. The predicted octanol–water partition coefficient (Wildman–Crippen LogP) is 2.19. The number of carboxylic acid groups (broad SMARTS) is 1. The second-order valence-electron chi connectivity index (χ2n) is 5.90. The number of nitrogens with zero attached hydrogens (tertiary/aromatic N) is 1. The molecule has 0 radical (unpaired) electrons. The van der Waals surface area contributed by atoms with E-state index in [1.54, 1.807) is 4.90 Å². The largest absolute Gasteiger partial charge is 0.481 e. The number of carboxylic acids is 1. The first-order valence-corrected chi connectivity index (χ1v) is 7.49. The lowest BCUT2D eigenvalue weighted by atomic mass is 10.1. The molecule has 21 heavy (non-hydrogen) atoms. The third-order valence-corrected chi connectivity index (χ3v) is 4.38. The van der Waals surface area contributed by atoms with Crippen molar-refractivity contribution in [1.29, 1.82) is 0 Å². The molecular weight excluding hydrogens is 268 g/mol. The third kappa shape index (κ3) is 3.17. The van der Waals surface area contributed by atoms with Gasteiger partial charge in [0.2, 0.25) is 0 Å². The molecule has 0 spiro atoms. The quantitative estimate of drug-likeness (QED) is 0.892. The van der Waals surface area contributed by atoms with Crippen LogP contribution in [0.25, 0.3) is 0 Å². The second-order valence-corrected chi connectivity index (χ2v) is 5.90. The Balaban J connectivity index is 1.54. The first-order valence-electron chi connectivity index (χ1n) is 7.49. The van der Waals surface area contributed by atoms with Crippen molar-refractivity contribution < 1.29 is 14.7 Å². The van der Waals surface area contributed by atoms with E-state index in [4.69, 9.17) is 5.11 Å². The van der Waals surface area contributed by atoms with Crippen LogP contribution in [0.1, 0.15) is 37.2 Å². The van der Waals surface area contributed by atoms with Crippen molar-refractivity contribution in [3.8, 4) is 0 Å². The number of aliphatic carboxylic acids is 1. The minimum Gasteiger partial charge on any atom is -0.481 e. The highest BCUT2D eigenvalue weighted by Gasteiger charge is 2.41. The molecule has 1 aromatic rings. The Morgan fingerprint density at radius 1 is 1.29 bits per heavy atom. The Morgan fingerprint density at radius 3 is 2.76 bits per heavy atom. The highest BCUT2D eigenvalue weighted by Crippen LogP contribution is 2.40. The molecule has 3 rings (SSSR count). The number of carbonyl (C=O) groups excluding carboxylic acids is 1. The molecule has 1 saturated heterocycles. The lowest BCUT2D eigenvalue weighted by Gasteiger charge is -2.24. The number of nitrogens with one attached hydrogen (secondary N) is 1. The van der Waals surface area contributed by atoms with Crippen molar-refractivity contribution in [2.24, 2.45) is 0 Å². The highest BCUT2D eigenvalue weighted by atomic mass is 16.4. The molecule has 112 valence electrons. The monoisotopic (exact) mass is 288 g/mol. The number of benzene rings is 1.